The molecule has 2 aromatic rings. The molecular weight excluding hydrogens is 302 g/mol. The van der Waals surface area contributed by atoms with Crippen molar-refractivity contribution in [2.45, 2.75) is 6.42 Å². The van der Waals surface area contributed by atoms with Gasteiger partial charge in [0.15, 0.2) is 5.15 Å². The quantitative estimate of drug-likeness (QED) is 0.946. The maximum atomic E-state index is 6.11. The minimum atomic E-state index is 0.538. The molecule has 0 unspecified atom stereocenters. The zero-order chi connectivity index (χ0) is 12.4. The van der Waals surface area contributed by atoms with E-state index in [2.05, 4.69) is 20.9 Å². The summed E-state index contributed by atoms with van der Waals surface area (Å²) in [5.74, 6) is 0.867. The van der Waals surface area contributed by atoms with Gasteiger partial charge in [-0.2, -0.15) is 0 Å². The van der Waals surface area contributed by atoms with Crippen LogP contribution in [0.15, 0.2) is 28.7 Å². The molecule has 3 nitrogen and oxygen atoms in total. The van der Waals surface area contributed by atoms with Crippen LogP contribution in [-0.4, -0.2) is 16.1 Å². The minimum Gasteiger partial charge on any atom is -0.330 e. The molecule has 0 saturated carbocycles. The van der Waals surface area contributed by atoms with Crippen LogP contribution in [-0.2, 0) is 13.5 Å². The van der Waals surface area contributed by atoms with Gasteiger partial charge in [0.1, 0.15) is 5.82 Å². The Kier molecular flexibility index (Phi) is 3.86. The number of hydrogen-bond donors (Lipinski definition) is 1. The molecule has 0 radical (unpaired) electrons. The predicted octanol–water partition coefficient (Wildman–Crippen LogP) is 3.00. The van der Waals surface area contributed by atoms with Crippen molar-refractivity contribution in [1.82, 2.24) is 9.55 Å². The molecule has 0 aliphatic carbocycles. The van der Waals surface area contributed by atoms with Crippen molar-refractivity contribution < 1.29 is 0 Å². The number of benzene rings is 1. The molecule has 2 N–H and O–H groups in total. The number of hydrogen-bond acceptors (Lipinski definition) is 2. The van der Waals surface area contributed by atoms with Crippen LogP contribution in [0.2, 0.25) is 5.15 Å². The Labute approximate surface area is 114 Å². The number of nitrogens with two attached hydrogens (primary N) is 1. The standard InChI is InChI=1S/C12H13BrClN3/c1-17-10(6-7-15)11(14)16-12(17)8-2-4-9(13)5-3-8/h2-5H,6-7,15H2,1H3. The van der Waals surface area contributed by atoms with Crippen molar-refractivity contribution >= 4 is 27.5 Å². The molecule has 17 heavy (non-hydrogen) atoms. The van der Waals surface area contributed by atoms with E-state index in [0.29, 0.717) is 11.7 Å². The lowest BCUT2D eigenvalue weighted by Crippen LogP contribution is -2.07. The highest BCUT2D eigenvalue weighted by atomic mass is 79.9. The molecule has 2 rings (SSSR count). The molecule has 1 aromatic carbocycles. The molecule has 0 aliphatic heterocycles. The summed E-state index contributed by atoms with van der Waals surface area (Å²) in [6, 6.07) is 7.99. The van der Waals surface area contributed by atoms with Gasteiger partial charge in [-0.15, -0.1) is 0 Å². The fourth-order valence-electron chi connectivity index (χ4n) is 1.76. The zero-order valence-electron chi connectivity index (χ0n) is 9.45. The fourth-order valence-corrected chi connectivity index (χ4v) is 2.33. The molecular formula is C12H13BrClN3. The maximum Gasteiger partial charge on any atom is 0.151 e. The second-order valence-electron chi connectivity index (χ2n) is 3.78. The first-order chi connectivity index (χ1) is 8.13. The van der Waals surface area contributed by atoms with Crippen LogP contribution in [0.4, 0.5) is 0 Å². The second kappa shape index (κ2) is 5.21. The third-order valence-electron chi connectivity index (χ3n) is 2.65. The van der Waals surface area contributed by atoms with Gasteiger partial charge in [0.25, 0.3) is 0 Å². The Morgan fingerprint density at radius 3 is 2.59 bits per heavy atom. The van der Waals surface area contributed by atoms with Gasteiger partial charge >= 0.3 is 0 Å². The van der Waals surface area contributed by atoms with Gasteiger partial charge in [-0.25, -0.2) is 4.98 Å². The Hall–Kier alpha value is -0.840. The molecule has 0 fully saturated rings. The number of halogens is 2. The van der Waals surface area contributed by atoms with Crippen molar-refractivity contribution in [3.8, 4) is 11.4 Å². The monoisotopic (exact) mass is 313 g/mol. The summed E-state index contributed by atoms with van der Waals surface area (Å²) in [5, 5.41) is 0.538. The first-order valence-electron chi connectivity index (χ1n) is 5.30. The van der Waals surface area contributed by atoms with Gasteiger partial charge in [0.05, 0.1) is 5.69 Å². The van der Waals surface area contributed by atoms with E-state index in [4.69, 9.17) is 17.3 Å². The van der Waals surface area contributed by atoms with Crippen molar-refractivity contribution in [2.75, 3.05) is 6.54 Å². The van der Waals surface area contributed by atoms with E-state index in [1.165, 1.54) is 0 Å². The third kappa shape index (κ3) is 2.54. The summed E-state index contributed by atoms with van der Waals surface area (Å²) in [4.78, 5) is 4.39. The first kappa shape index (κ1) is 12.6. The summed E-state index contributed by atoms with van der Waals surface area (Å²) >= 11 is 9.52. The Balaban J connectivity index is 2.46. The molecule has 1 aromatic heterocycles. The summed E-state index contributed by atoms with van der Waals surface area (Å²) in [6.45, 7) is 0.568. The molecule has 0 saturated heterocycles. The summed E-state index contributed by atoms with van der Waals surface area (Å²) in [6.07, 6.45) is 0.735. The topological polar surface area (TPSA) is 43.8 Å². The molecule has 0 aliphatic rings. The average Bonchev–Trinajstić information content (AvgIpc) is 2.59. The average molecular weight is 315 g/mol. The largest absolute Gasteiger partial charge is 0.330 e. The van der Waals surface area contributed by atoms with Crippen LogP contribution in [0.5, 0.6) is 0 Å². The fraction of sp³-hybridized carbons (Fsp3) is 0.250. The predicted molar refractivity (Wildman–Crippen MR) is 74.1 cm³/mol. The summed E-state index contributed by atoms with van der Waals surface area (Å²) in [5.41, 5.74) is 7.58. The van der Waals surface area contributed by atoms with Crippen molar-refractivity contribution in [2.24, 2.45) is 12.8 Å². The molecule has 0 spiro atoms. The van der Waals surface area contributed by atoms with Crippen LogP contribution in [0.25, 0.3) is 11.4 Å². The van der Waals surface area contributed by atoms with Crippen LogP contribution >= 0.6 is 27.5 Å². The number of rotatable bonds is 3. The number of imidazole rings is 1. The van der Waals surface area contributed by atoms with E-state index in [-0.39, 0.29) is 0 Å². The minimum absolute atomic E-state index is 0.538. The van der Waals surface area contributed by atoms with Gasteiger partial charge in [-0.3, -0.25) is 0 Å². The lowest BCUT2D eigenvalue weighted by molar-refractivity contribution is 0.811. The smallest absolute Gasteiger partial charge is 0.151 e. The highest BCUT2D eigenvalue weighted by Gasteiger charge is 2.13. The second-order valence-corrected chi connectivity index (χ2v) is 5.05. The Morgan fingerprint density at radius 1 is 1.35 bits per heavy atom. The molecule has 0 amide bonds. The van der Waals surface area contributed by atoms with Crippen molar-refractivity contribution in [3.05, 3.63) is 39.6 Å². The van der Waals surface area contributed by atoms with E-state index in [1.807, 2.05) is 35.9 Å². The molecule has 5 heteroatoms. The van der Waals surface area contributed by atoms with E-state index >= 15 is 0 Å². The molecule has 90 valence electrons. The van der Waals surface area contributed by atoms with Gasteiger partial charge in [-0.1, -0.05) is 39.7 Å². The maximum absolute atomic E-state index is 6.11. The van der Waals surface area contributed by atoms with E-state index in [9.17, 15) is 0 Å². The summed E-state index contributed by atoms with van der Waals surface area (Å²) < 4.78 is 3.04. The summed E-state index contributed by atoms with van der Waals surface area (Å²) in [7, 11) is 1.96. The number of aromatic nitrogens is 2. The van der Waals surface area contributed by atoms with Crippen LogP contribution < -0.4 is 5.73 Å². The Bertz CT molecular complexity index is 519. The van der Waals surface area contributed by atoms with E-state index < -0.39 is 0 Å². The van der Waals surface area contributed by atoms with E-state index in [0.717, 1.165) is 28.0 Å². The molecule has 0 bridgehead atoms. The van der Waals surface area contributed by atoms with Gasteiger partial charge in [0, 0.05) is 23.5 Å². The van der Waals surface area contributed by atoms with Crippen LogP contribution in [0.1, 0.15) is 5.69 Å². The van der Waals surface area contributed by atoms with Gasteiger partial charge < -0.3 is 10.3 Å². The number of nitrogens with zero attached hydrogens (tertiary/aromatic N) is 2. The molecule has 1 heterocycles. The highest BCUT2D eigenvalue weighted by Crippen LogP contribution is 2.25. The Morgan fingerprint density at radius 2 is 2.00 bits per heavy atom. The van der Waals surface area contributed by atoms with E-state index in [1.54, 1.807) is 0 Å². The molecule has 0 atom stereocenters. The zero-order valence-corrected chi connectivity index (χ0v) is 11.8. The van der Waals surface area contributed by atoms with Crippen molar-refractivity contribution in [3.63, 3.8) is 0 Å². The van der Waals surface area contributed by atoms with Crippen LogP contribution in [0.3, 0.4) is 0 Å². The van der Waals surface area contributed by atoms with Crippen molar-refractivity contribution in [1.29, 1.82) is 0 Å². The third-order valence-corrected chi connectivity index (χ3v) is 3.48. The normalized spacial score (nSPS) is 10.8. The lowest BCUT2D eigenvalue weighted by atomic mass is 10.2. The van der Waals surface area contributed by atoms with Gasteiger partial charge in [0.2, 0.25) is 0 Å². The SMILES string of the molecule is Cn1c(-c2ccc(Br)cc2)nc(Cl)c1CCN. The lowest BCUT2D eigenvalue weighted by Gasteiger charge is -2.05. The highest BCUT2D eigenvalue weighted by molar-refractivity contribution is 9.10. The van der Waals surface area contributed by atoms with Crippen LogP contribution in [0, 0.1) is 0 Å². The van der Waals surface area contributed by atoms with Gasteiger partial charge in [-0.05, 0) is 18.7 Å². The first-order valence-corrected chi connectivity index (χ1v) is 6.47.